The average molecular weight is 252 g/mol. The third-order valence-corrected chi connectivity index (χ3v) is 3.21. The van der Waals surface area contributed by atoms with Crippen LogP contribution in [0.15, 0.2) is 60.9 Å². The first-order valence-electron chi connectivity index (χ1n) is 6.13. The van der Waals surface area contributed by atoms with E-state index < -0.39 is 8.07 Å². The van der Waals surface area contributed by atoms with Gasteiger partial charge in [-0.3, -0.25) is 0 Å². The third-order valence-electron chi connectivity index (χ3n) is 2.32. The molecule has 0 aliphatic carbocycles. The van der Waals surface area contributed by atoms with E-state index in [0.29, 0.717) is 0 Å². The van der Waals surface area contributed by atoms with Gasteiger partial charge in [-0.15, -0.1) is 11.3 Å². The van der Waals surface area contributed by atoms with Crippen molar-refractivity contribution in [3.05, 3.63) is 66.4 Å². The van der Waals surface area contributed by atoms with Crippen LogP contribution in [-0.2, 0) is 0 Å². The van der Waals surface area contributed by atoms with Gasteiger partial charge in [0.1, 0.15) is 8.07 Å². The minimum Gasteiger partial charge on any atom is -0.132 e. The molecule has 0 aliphatic heterocycles. The molecule has 92 valence electrons. The van der Waals surface area contributed by atoms with Gasteiger partial charge >= 0.3 is 0 Å². The summed E-state index contributed by atoms with van der Waals surface area (Å²) in [5.41, 5.74) is 7.42. The molecule has 0 bridgehead atoms. The Balaban J connectivity index is 2.85. The molecule has 0 N–H and O–H groups in total. The molecule has 0 fully saturated rings. The topological polar surface area (TPSA) is 0 Å². The van der Waals surface area contributed by atoms with Gasteiger partial charge in [-0.2, -0.15) is 0 Å². The smallest absolute Gasteiger partial charge is 0.129 e. The SMILES string of the molecule is C=C=CC(C=CC#C[Si](C)(C)C)c1ccccc1. The maximum absolute atomic E-state index is 3.65. The van der Waals surface area contributed by atoms with E-state index in [1.165, 1.54) is 5.56 Å². The molecule has 0 nitrogen and oxygen atoms in total. The fourth-order valence-corrected chi connectivity index (χ4v) is 1.99. The Hall–Kier alpha value is -1.74. The molecule has 0 aromatic heterocycles. The van der Waals surface area contributed by atoms with E-state index in [1.807, 2.05) is 30.4 Å². The number of hydrogen-bond acceptors (Lipinski definition) is 0. The molecule has 0 spiro atoms. The molecule has 1 aromatic rings. The highest BCUT2D eigenvalue weighted by atomic mass is 28.3. The van der Waals surface area contributed by atoms with Gasteiger partial charge in [0, 0.05) is 5.92 Å². The van der Waals surface area contributed by atoms with Gasteiger partial charge in [0.25, 0.3) is 0 Å². The van der Waals surface area contributed by atoms with E-state index in [1.54, 1.807) is 0 Å². The first-order chi connectivity index (χ1) is 8.53. The predicted octanol–water partition coefficient (Wildman–Crippen LogP) is 4.55. The lowest BCUT2D eigenvalue weighted by Crippen LogP contribution is -2.16. The molecule has 1 rings (SSSR count). The maximum Gasteiger partial charge on any atom is 0.129 e. The van der Waals surface area contributed by atoms with E-state index >= 15 is 0 Å². The quantitative estimate of drug-likeness (QED) is 0.420. The van der Waals surface area contributed by atoms with Crippen LogP contribution in [0, 0.1) is 11.5 Å². The van der Waals surface area contributed by atoms with Crippen molar-refractivity contribution in [3.63, 3.8) is 0 Å². The Labute approximate surface area is 112 Å². The molecule has 0 saturated carbocycles. The van der Waals surface area contributed by atoms with Crippen molar-refractivity contribution in [1.29, 1.82) is 0 Å². The second kappa shape index (κ2) is 6.86. The molecule has 0 saturated heterocycles. The van der Waals surface area contributed by atoms with Crippen LogP contribution in [-0.4, -0.2) is 8.07 Å². The molecule has 1 atom stereocenters. The Morgan fingerprint density at radius 2 is 1.83 bits per heavy atom. The molecule has 0 radical (unpaired) electrons. The minimum absolute atomic E-state index is 0.208. The number of benzene rings is 1. The fourth-order valence-electron chi connectivity index (χ4n) is 1.48. The van der Waals surface area contributed by atoms with Crippen LogP contribution < -0.4 is 0 Å². The predicted molar refractivity (Wildman–Crippen MR) is 83.2 cm³/mol. The highest BCUT2D eigenvalue weighted by Gasteiger charge is 2.06. The van der Waals surface area contributed by atoms with E-state index in [-0.39, 0.29) is 5.92 Å². The van der Waals surface area contributed by atoms with Crippen molar-refractivity contribution >= 4 is 8.07 Å². The normalized spacial score (nSPS) is 12.4. The summed E-state index contributed by atoms with van der Waals surface area (Å²) in [6.07, 6.45) is 6.01. The summed E-state index contributed by atoms with van der Waals surface area (Å²) in [5, 5.41) is 0. The van der Waals surface area contributed by atoms with Crippen molar-refractivity contribution in [2.75, 3.05) is 0 Å². The van der Waals surface area contributed by atoms with Gasteiger partial charge in [-0.1, -0.05) is 68.5 Å². The summed E-state index contributed by atoms with van der Waals surface area (Å²) < 4.78 is 0. The van der Waals surface area contributed by atoms with Crippen molar-refractivity contribution in [2.24, 2.45) is 0 Å². The van der Waals surface area contributed by atoms with Gasteiger partial charge in [-0.25, -0.2) is 0 Å². The van der Waals surface area contributed by atoms with Crippen molar-refractivity contribution in [1.82, 2.24) is 0 Å². The van der Waals surface area contributed by atoms with Crippen LogP contribution in [0.5, 0.6) is 0 Å². The first kappa shape index (κ1) is 14.3. The van der Waals surface area contributed by atoms with Crippen molar-refractivity contribution in [3.8, 4) is 11.5 Å². The summed E-state index contributed by atoms with van der Waals surface area (Å²) >= 11 is 0. The number of hydrogen-bond donors (Lipinski definition) is 0. The monoisotopic (exact) mass is 252 g/mol. The lowest BCUT2D eigenvalue weighted by Gasteiger charge is -2.06. The van der Waals surface area contributed by atoms with Crippen LogP contribution in [0.2, 0.25) is 19.6 Å². The second-order valence-corrected chi connectivity index (χ2v) is 9.94. The lowest BCUT2D eigenvalue weighted by molar-refractivity contribution is 1.09. The fraction of sp³-hybridized carbons (Fsp3) is 0.235. The van der Waals surface area contributed by atoms with Crippen molar-refractivity contribution < 1.29 is 0 Å². The van der Waals surface area contributed by atoms with Gasteiger partial charge in [0.05, 0.1) is 0 Å². The summed E-state index contributed by atoms with van der Waals surface area (Å²) in [6.45, 7) is 10.4. The van der Waals surface area contributed by atoms with E-state index in [2.05, 4.69) is 61.6 Å². The molecular formula is C17H20Si. The Bertz CT molecular complexity index is 500. The molecule has 1 aromatic carbocycles. The minimum atomic E-state index is -1.28. The van der Waals surface area contributed by atoms with Crippen LogP contribution in [0.25, 0.3) is 0 Å². The third kappa shape index (κ3) is 5.55. The molecule has 0 heterocycles. The largest absolute Gasteiger partial charge is 0.132 e. The zero-order valence-electron chi connectivity index (χ0n) is 11.4. The van der Waals surface area contributed by atoms with E-state index in [9.17, 15) is 0 Å². The highest BCUT2D eigenvalue weighted by Crippen LogP contribution is 2.17. The van der Waals surface area contributed by atoms with E-state index in [0.717, 1.165) is 0 Å². The summed E-state index contributed by atoms with van der Waals surface area (Å²) in [6, 6.07) is 10.3. The zero-order chi connectivity index (χ0) is 13.4. The van der Waals surface area contributed by atoms with E-state index in [4.69, 9.17) is 0 Å². The maximum atomic E-state index is 3.65. The summed E-state index contributed by atoms with van der Waals surface area (Å²) in [5.74, 6) is 3.35. The Kier molecular flexibility index (Phi) is 5.46. The second-order valence-electron chi connectivity index (χ2n) is 5.19. The Morgan fingerprint density at radius 1 is 1.17 bits per heavy atom. The van der Waals surface area contributed by atoms with Crippen LogP contribution in [0.1, 0.15) is 11.5 Å². The van der Waals surface area contributed by atoms with Gasteiger partial charge < -0.3 is 0 Å². The molecule has 0 amide bonds. The standard InChI is InChI=1S/C17H20Si/c1-5-11-16(17-12-7-6-8-13-17)14-9-10-15-18(2,3)4/h6-9,11-14,16H,1H2,2-4H3. The Morgan fingerprint density at radius 3 is 2.39 bits per heavy atom. The highest BCUT2D eigenvalue weighted by molar-refractivity contribution is 6.83. The first-order valence-corrected chi connectivity index (χ1v) is 9.63. The zero-order valence-corrected chi connectivity index (χ0v) is 12.4. The van der Waals surface area contributed by atoms with Gasteiger partial charge in [0.2, 0.25) is 0 Å². The van der Waals surface area contributed by atoms with Crippen LogP contribution >= 0.6 is 0 Å². The molecule has 1 unspecified atom stereocenters. The summed E-state index contributed by atoms with van der Waals surface area (Å²) in [4.78, 5) is 0. The van der Waals surface area contributed by atoms with Gasteiger partial charge in [0.15, 0.2) is 0 Å². The molecule has 1 heteroatoms. The van der Waals surface area contributed by atoms with Crippen molar-refractivity contribution in [2.45, 2.75) is 25.6 Å². The lowest BCUT2D eigenvalue weighted by atomic mass is 9.99. The van der Waals surface area contributed by atoms with Crippen LogP contribution in [0.4, 0.5) is 0 Å². The van der Waals surface area contributed by atoms with Crippen LogP contribution in [0.3, 0.4) is 0 Å². The average Bonchev–Trinajstić information content (AvgIpc) is 2.33. The molecule has 18 heavy (non-hydrogen) atoms. The summed E-state index contributed by atoms with van der Waals surface area (Å²) in [7, 11) is -1.28. The molecule has 0 aliphatic rings. The number of rotatable bonds is 3. The molecular weight excluding hydrogens is 232 g/mol. The number of allylic oxidation sites excluding steroid dienone is 3. The van der Waals surface area contributed by atoms with Gasteiger partial charge in [-0.05, 0) is 17.7 Å².